The van der Waals surface area contributed by atoms with Gasteiger partial charge in [0, 0.05) is 17.4 Å². The summed E-state index contributed by atoms with van der Waals surface area (Å²) in [6.45, 7) is 0.521. The third kappa shape index (κ3) is 2.38. The largest absolute Gasteiger partial charge is 0.354 e. The highest BCUT2D eigenvalue weighted by Gasteiger charge is 2.24. The van der Waals surface area contributed by atoms with E-state index >= 15 is 0 Å². The molecule has 2 heterocycles. The van der Waals surface area contributed by atoms with Gasteiger partial charge in [-0.05, 0) is 27.4 Å². The molecule has 0 aromatic carbocycles. The summed E-state index contributed by atoms with van der Waals surface area (Å²) in [6.07, 6.45) is 0.370. The Kier molecular flexibility index (Phi) is 3.06. The molecule has 1 aliphatic heterocycles. The highest BCUT2D eigenvalue weighted by atomic mass is 79.9. The quantitative estimate of drug-likeness (QED) is 0.857. The molecular formula is C9H9BrN2O2S. The number of carbonyl (C=O) groups is 2. The summed E-state index contributed by atoms with van der Waals surface area (Å²) in [5.41, 5.74) is 0. The molecule has 0 aliphatic carbocycles. The summed E-state index contributed by atoms with van der Waals surface area (Å²) in [5.74, 6) is -0.135. The topological polar surface area (TPSA) is 58.2 Å². The second kappa shape index (κ2) is 4.32. The van der Waals surface area contributed by atoms with Gasteiger partial charge in [0.25, 0.3) is 5.91 Å². The van der Waals surface area contributed by atoms with Crippen molar-refractivity contribution in [2.75, 3.05) is 6.54 Å². The van der Waals surface area contributed by atoms with E-state index in [0.717, 1.165) is 4.47 Å². The van der Waals surface area contributed by atoms with Crippen LogP contribution in [0.15, 0.2) is 15.9 Å². The molecule has 1 saturated heterocycles. The van der Waals surface area contributed by atoms with Crippen LogP contribution in [0.25, 0.3) is 0 Å². The lowest BCUT2D eigenvalue weighted by Crippen LogP contribution is -2.35. The molecule has 6 heteroatoms. The van der Waals surface area contributed by atoms with Crippen LogP contribution in [0.3, 0.4) is 0 Å². The van der Waals surface area contributed by atoms with E-state index < -0.39 is 0 Å². The van der Waals surface area contributed by atoms with Gasteiger partial charge in [0.2, 0.25) is 5.91 Å². The van der Waals surface area contributed by atoms with Gasteiger partial charge in [-0.1, -0.05) is 0 Å². The molecule has 1 aromatic rings. The average molecular weight is 289 g/mol. The summed E-state index contributed by atoms with van der Waals surface area (Å²) >= 11 is 4.67. The Balaban J connectivity index is 1.98. The van der Waals surface area contributed by atoms with Gasteiger partial charge in [-0.2, -0.15) is 0 Å². The number of rotatable bonds is 2. The number of amides is 2. The van der Waals surface area contributed by atoms with Crippen molar-refractivity contribution in [1.29, 1.82) is 0 Å². The first-order valence-corrected chi connectivity index (χ1v) is 6.14. The zero-order valence-corrected chi connectivity index (χ0v) is 10.2. The van der Waals surface area contributed by atoms with Crippen molar-refractivity contribution < 1.29 is 9.59 Å². The zero-order valence-electron chi connectivity index (χ0n) is 7.75. The third-order valence-electron chi connectivity index (χ3n) is 2.14. The molecule has 0 spiro atoms. The predicted octanol–water partition coefficient (Wildman–Crippen LogP) is 1.13. The smallest absolute Gasteiger partial charge is 0.262 e. The summed E-state index contributed by atoms with van der Waals surface area (Å²) in [6, 6.07) is 1.75. The summed E-state index contributed by atoms with van der Waals surface area (Å²) < 4.78 is 0.794. The average Bonchev–Trinajstić information content (AvgIpc) is 2.75. The molecule has 0 radical (unpaired) electrons. The molecule has 80 valence electrons. The van der Waals surface area contributed by atoms with Gasteiger partial charge in [0.1, 0.15) is 4.88 Å². The van der Waals surface area contributed by atoms with Gasteiger partial charge in [0.05, 0.1) is 6.04 Å². The van der Waals surface area contributed by atoms with E-state index in [1.54, 1.807) is 0 Å². The molecule has 2 rings (SSSR count). The maximum Gasteiger partial charge on any atom is 0.262 e. The lowest BCUT2D eigenvalue weighted by atomic mass is 10.2. The Bertz CT molecular complexity index is 405. The Hall–Kier alpha value is -0.880. The van der Waals surface area contributed by atoms with Crippen molar-refractivity contribution in [2.45, 2.75) is 12.5 Å². The Morgan fingerprint density at radius 2 is 2.47 bits per heavy atom. The molecule has 1 unspecified atom stereocenters. The van der Waals surface area contributed by atoms with E-state index in [2.05, 4.69) is 26.6 Å². The van der Waals surface area contributed by atoms with E-state index in [9.17, 15) is 9.59 Å². The van der Waals surface area contributed by atoms with E-state index in [1.807, 2.05) is 11.4 Å². The predicted molar refractivity (Wildman–Crippen MR) is 60.9 cm³/mol. The van der Waals surface area contributed by atoms with Crippen LogP contribution in [0.5, 0.6) is 0 Å². The molecule has 2 amide bonds. The summed E-state index contributed by atoms with van der Waals surface area (Å²) in [5, 5.41) is 7.33. The van der Waals surface area contributed by atoms with Crippen LogP contribution in [-0.4, -0.2) is 24.4 Å². The molecule has 15 heavy (non-hydrogen) atoms. The summed E-state index contributed by atoms with van der Waals surface area (Å²) in [7, 11) is 0. The molecule has 0 saturated carbocycles. The standard InChI is InChI=1S/C9H9BrN2O2S/c10-6-1-2-15-8(6)9(14)12-5-3-7(13)11-4-5/h1-2,5H,3-4H2,(H,11,13)(H,12,14). The minimum absolute atomic E-state index is 0.00875. The van der Waals surface area contributed by atoms with E-state index in [-0.39, 0.29) is 17.9 Å². The Morgan fingerprint density at radius 1 is 1.67 bits per heavy atom. The molecule has 2 N–H and O–H groups in total. The monoisotopic (exact) mass is 288 g/mol. The molecule has 4 nitrogen and oxygen atoms in total. The van der Waals surface area contributed by atoms with Gasteiger partial charge in [-0.3, -0.25) is 9.59 Å². The molecule has 1 fully saturated rings. The van der Waals surface area contributed by atoms with Crippen LogP contribution in [0, 0.1) is 0 Å². The van der Waals surface area contributed by atoms with E-state index in [1.165, 1.54) is 11.3 Å². The number of halogens is 1. The third-order valence-corrected chi connectivity index (χ3v) is 3.97. The first kappa shape index (κ1) is 10.6. The van der Waals surface area contributed by atoms with Crippen LogP contribution in [0.1, 0.15) is 16.1 Å². The van der Waals surface area contributed by atoms with Gasteiger partial charge < -0.3 is 10.6 Å². The van der Waals surface area contributed by atoms with Crippen molar-refractivity contribution in [2.24, 2.45) is 0 Å². The fraction of sp³-hybridized carbons (Fsp3) is 0.333. The fourth-order valence-electron chi connectivity index (χ4n) is 1.41. The molecule has 1 aliphatic rings. The maximum atomic E-state index is 11.7. The number of nitrogens with one attached hydrogen (secondary N) is 2. The molecule has 1 aromatic heterocycles. The molecule has 0 bridgehead atoms. The zero-order chi connectivity index (χ0) is 10.8. The minimum Gasteiger partial charge on any atom is -0.354 e. The van der Waals surface area contributed by atoms with Crippen LogP contribution < -0.4 is 10.6 Å². The number of carbonyl (C=O) groups excluding carboxylic acids is 2. The van der Waals surface area contributed by atoms with Crippen molar-refractivity contribution in [3.8, 4) is 0 Å². The first-order chi connectivity index (χ1) is 7.16. The lowest BCUT2D eigenvalue weighted by Gasteiger charge is -2.09. The van der Waals surface area contributed by atoms with Crippen LogP contribution in [-0.2, 0) is 4.79 Å². The number of thiophene rings is 1. The van der Waals surface area contributed by atoms with Crippen molar-refractivity contribution in [3.63, 3.8) is 0 Å². The van der Waals surface area contributed by atoms with Crippen molar-refractivity contribution in [3.05, 3.63) is 20.8 Å². The first-order valence-electron chi connectivity index (χ1n) is 4.47. The normalized spacial score (nSPS) is 20.1. The van der Waals surface area contributed by atoms with Crippen molar-refractivity contribution >= 4 is 39.1 Å². The van der Waals surface area contributed by atoms with Gasteiger partial charge >= 0.3 is 0 Å². The second-order valence-corrected chi connectivity index (χ2v) is 5.05. The van der Waals surface area contributed by atoms with Crippen LogP contribution in [0.2, 0.25) is 0 Å². The van der Waals surface area contributed by atoms with E-state index in [0.29, 0.717) is 17.8 Å². The SMILES string of the molecule is O=C1CC(NC(=O)c2sccc2Br)CN1. The fourth-order valence-corrected chi connectivity index (χ4v) is 2.87. The Labute approximate surface area is 99.2 Å². The van der Waals surface area contributed by atoms with Crippen LogP contribution >= 0.6 is 27.3 Å². The maximum absolute atomic E-state index is 11.7. The highest BCUT2D eigenvalue weighted by molar-refractivity contribution is 9.10. The Morgan fingerprint density at radius 3 is 3.00 bits per heavy atom. The second-order valence-electron chi connectivity index (χ2n) is 3.28. The summed E-state index contributed by atoms with van der Waals surface area (Å²) in [4.78, 5) is 23.3. The molecule has 1 atom stereocenters. The van der Waals surface area contributed by atoms with Gasteiger partial charge in [0.15, 0.2) is 0 Å². The number of hydrogen-bond acceptors (Lipinski definition) is 3. The molecular weight excluding hydrogens is 280 g/mol. The lowest BCUT2D eigenvalue weighted by molar-refractivity contribution is -0.119. The van der Waals surface area contributed by atoms with Crippen LogP contribution in [0.4, 0.5) is 0 Å². The number of hydrogen-bond donors (Lipinski definition) is 2. The van der Waals surface area contributed by atoms with Gasteiger partial charge in [-0.25, -0.2) is 0 Å². The van der Waals surface area contributed by atoms with Gasteiger partial charge in [-0.15, -0.1) is 11.3 Å². The highest BCUT2D eigenvalue weighted by Crippen LogP contribution is 2.22. The minimum atomic E-state index is -0.127. The van der Waals surface area contributed by atoms with Crippen molar-refractivity contribution in [1.82, 2.24) is 10.6 Å². The van der Waals surface area contributed by atoms with E-state index in [4.69, 9.17) is 0 Å².